The van der Waals surface area contributed by atoms with Gasteiger partial charge < -0.3 is 10.1 Å². The Hall–Kier alpha value is -1.65. The summed E-state index contributed by atoms with van der Waals surface area (Å²) in [6.45, 7) is 0.349. The molecule has 2 heterocycles. The zero-order valence-electron chi connectivity index (χ0n) is 13.7. The van der Waals surface area contributed by atoms with E-state index >= 15 is 0 Å². The van der Waals surface area contributed by atoms with E-state index < -0.39 is 11.6 Å². The van der Waals surface area contributed by atoms with Crippen LogP contribution in [0.3, 0.4) is 0 Å². The van der Waals surface area contributed by atoms with Crippen molar-refractivity contribution in [3.63, 3.8) is 0 Å². The largest absolute Gasteiger partial charge is 0.490 e. The van der Waals surface area contributed by atoms with Crippen molar-refractivity contribution in [2.45, 2.75) is 37.3 Å². The van der Waals surface area contributed by atoms with Gasteiger partial charge in [0.2, 0.25) is 5.82 Å². The Bertz CT molecular complexity index is 769. The Morgan fingerprint density at radius 2 is 1.96 bits per heavy atom. The van der Waals surface area contributed by atoms with E-state index in [1.807, 2.05) is 18.2 Å². The first-order valence-electron chi connectivity index (χ1n) is 8.70. The fraction of sp³-hybridized carbons (Fsp3) is 0.400. The molecule has 2 aliphatic rings. The fourth-order valence-corrected chi connectivity index (χ4v) is 4.47. The lowest BCUT2D eigenvalue weighted by Gasteiger charge is -2.38. The zero-order valence-corrected chi connectivity index (χ0v) is 14.5. The van der Waals surface area contributed by atoms with Crippen molar-refractivity contribution in [2.24, 2.45) is 5.92 Å². The monoisotopic (exact) mass is 363 g/mol. The van der Waals surface area contributed by atoms with Crippen LogP contribution < -0.4 is 10.1 Å². The van der Waals surface area contributed by atoms with Crippen LogP contribution in [0.25, 0.3) is 0 Å². The molecular formula is C20H20ClF2NO. The number of ether oxygens (including phenoxy) is 1. The molecule has 0 aromatic heterocycles. The molecule has 0 amide bonds. The molecule has 2 unspecified atom stereocenters. The van der Waals surface area contributed by atoms with E-state index in [1.54, 1.807) is 0 Å². The first-order chi connectivity index (χ1) is 12.1. The third kappa shape index (κ3) is 3.38. The maximum atomic E-state index is 13.9. The molecule has 2 aromatic carbocycles. The molecule has 4 atom stereocenters. The number of hydrogen-bond acceptors (Lipinski definition) is 2. The van der Waals surface area contributed by atoms with Gasteiger partial charge in [-0.2, -0.15) is 4.39 Å². The highest BCUT2D eigenvalue weighted by Gasteiger charge is 2.42. The Kier molecular flexibility index (Phi) is 4.65. The highest BCUT2D eigenvalue weighted by molar-refractivity contribution is 6.30. The molecule has 2 bridgehead atoms. The molecule has 4 rings (SSSR count). The minimum atomic E-state index is -0.921. The van der Waals surface area contributed by atoms with Crippen molar-refractivity contribution in [1.29, 1.82) is 0 Å². The van der Waals surface area contributed by atoms with Gasteiger partial charge in [-0.3, -0.25) is 0 Å². The van der Waals surface area contributed by atoms with Crippen LogP contribution in [0, 0.1) is 17.6 Å². The second-order valence-corrected chi connectivity index (χ2v) is 7.41. The van der Waals surface area contributed by atoms with Gasteiger partial charge in [0, 0.05) is 23.0 Å². The summed E-state index contributed by atoms with van der Waals surface area (Å²) in [5, 5.41) is 4.36. The molecular weight excluding hydrogens is 344 g/mol. The smallest absolute Gasteiger partial charge is 0.200 e. The molecule has 132 valence electrons. The van der Waals surface area contributed by atoms with E-state index in [0.717, 1.165) is 30.4 Å². The number of fused-ring (bicyclic) bond motifs is 2. The van der Waals surface area contributed by atoms with Crippen molar-refractivity contribution < 1.29 is 13.5 Å². The lowest BCUT2D eigenvalue weighted by molar-refractivity contribution is 0.154. The van der Waals surface area contributed by atoms with Gasteiger partial charge in [0.15, 0.2) is 11.6 Å². The van der Waals surface area contributed by atoms with Gasteiger partial charge in [-0.05, 0) is 55.0 Å². The fourth-order valence-electron chi connectivity index (χ4n) is 4.27. The lowest BCUT2D eigenvalue weighted by Crippen LogP contribution is -2.46. The second-order valence-electron chi connectivity index (χ2n) is 6.97. The first-order valence-corrected chi connectivity index (χ1v) is 9.08. The van der Waals surface area contributed by atoms with Gasteiger partial charge >= 0.3 is 0 Å². The van der Waals surface area contributed by atoms with Gasteiger partial charge in [0.05, 0.1) is 6.61 Å². The highest BCUT2D eigenvalue weighted by Crippen LogP contribution is 2.42. The minimum absolute atomic E-state index is 0.0232. The Labute approximate surface area is 151 Å². The van der Waals surface area contributed by atoms with Gasteiger partial charge in [0.1, 0.15) is 0 Å². The van der Waals surface area contributed by atoms with Crippen LogP contribution in [-0.4, -0.2) is 18.7 Å². The Balaban J connectivity index is 1.57. The summed E-state index contributed by atoms with van der Waals surface area (Å²) in [6.07, 6.45) is 3.24. The molecule has 0 spiro atoms. The van der Waals surface area contributed by atoms with Crippen LogP contribution in [0.1, 0.15) is 30.7 Å². The molecule has 0 saturated carbocycles. The van der Waals surface area contributed by atoms with Gasteiger partial charge in [-0.15, -0.1) is 0 Å². The number of hydrogen-bond donors (Lipinski definition) is 1. The zero-order chi connectivity index (χ0) is 17.4. The van der Waals surface area contributed by atoms with Crippen molar-refractivity contribution in [3.05, 3.63) is 64.7 Å². The van der Waals surface area contributed by atoms with Gasteiger partial charge in [0.25, 0.3) is 0 Å². The lowest BCUT2D eigenvalue weighted by atomic mass is 9.77. The third-order valence-corrected chi connectivity index (χ3v) is 5.71. The molecule has 2 aliphatic heterocycles. The number of rotatable bonds is 4. The van der Waals surface area contributed by atoms with Crippen molar-refractivity contribution in [1.82, 2.24) is 5.32 Å². The van der Waals surface area contributed by atoms with E-state index in [9.17, 15) is 8.78 Å². The normalized spacial score (nSPS) is 28.1. The summed E-state index contributed by atoms with van der Waals surface area (Å²) >= 11 is 6.17. The number of nitrogens with one attached hydrogen (secondary N) is 1. The highest BCUT2D eigenvalue weighted by atomic mass is 35.5. The molecule has 2 fully saturated rings. The standard InChI is InChI=1S/C20H20ClF2NO/c21-13-4-1-3-12(9-13)15-10-14-7-8-18(24-14)16(15)11-25-19-6-2-5-17(22)20(19)23/h1-6,9,14-16,18,24H,7-8,10-11H2/t14?,15-,16-,18?/m0/s1. The summed E-state index contributed by atoms with van der Waals surface area (Å²) in [7, 11) is 0. The predicted octanol–water partition coefficient (Wildman–Crippen LogP) is 4.92. The summed E-state index contributed by atoms with van der Waals surface area (Å²) < 4.78 is 33.0. The maximum absolute atomic E-state index is 13.9. The maximum Gasteiger partial charge on any atom is 0.200 e. The van der Waals surface area contributed by atoms with E-state index in [4.69, 9.17) is 16.3 Å². The van der Waals surface area contributed by atoms with Crippen LogP contribution in [-0.2, 0) is 0 Å². The average molecular weight is 364 g/mol. The molecule has 2 nitrogen and oxygen atoms in total. The third-order valence-electron chi connectivity index (χ3n) is 5.47. The van der Waals surface area contributed by atoms with E-state index in [0.29, 0.717) is 24.6 Å². The molecule has 1 N–H and O–H groups in total. The Morgan fingerprint density at radius 1 is 1.12 bits per heavy atom. The Morgan fingerprint density at radius 3 is 2.80 bits per heavy atom. The van der Waals surface area contributed by atoms with Crippen molar-refractivity contribution in [3.8, 4) is 5.75 Å². The molecule has 0 radical (unpaired) electrons. The van der Waals surface area contributed by atoms with Crippen molar-refractivity contribution in [2.75, 3.05) is 6.61 Å². The van der Waals surface area contributed by atoms with E-state index in [1.165, 1.54) is 17.7 Å². The van der Waals surface area contributed by atoms with Gasteiger partial charge in [-0.1, -0.05) is 29.8 Å². The molecule has 0 aliphatic carbocycles. The quantitative estimate of drug-likeness (QED) is 0.832. The first kappa shape index (κ1) is 16.8. The van der Waals surface area contributed by atoms with Gasteiger partial charge in [-0.25, -0.2) is 4.39 Å². The number of halogens is 3. The molecule has 25 heavy (non-hydrogen) atoms. The number of piperidine rings is 1. The second kappa shape index (κ2) is 6.93. The average Bonchev–Trinajstić information content (AvgIpc) is 2.99. The topological polar surface area (TPSA) is 21.3 Å². The SMILES string of the molecule is Fc1cccc(OC[C@@H]2C3CCC(C[C@H]2c2cccc(Cl)c2)N3)c1F. The molecule has 5 heteroatoms. The summed E-state index contributed by atoms with van der Waals surface area (Å²) in [6, 6.07) is 12.8. The summed E-state index contributed by atoms with van der Waals surface area (Å²) in [4.78, 5) is 0. The molecule has 2 aromatic rings. The van der Waals surface area contributed by atoms with Crippen molar-refractivity contribution >= 4 is 11.6 Å². The van der Waals surface area contributed by atoms with E-state index in [2.05, 4.69) is 11.4 Å². The van der Waals surface area contributed by atoms with Crippen LogP contribution in [0.2, 0.25) is 5.02 Å². The minimum Gasteiger partial charge on any atom is -0.490 e. The predicted molar refractivity (Wildman–Crippen MR) is 94.1 cm³/mol. The summed E-state index contributed by atoms with van der Waals surface area (Å²) in [5.41, 5.74) is 1.19. The van der Waals surface area contributed by atoms with Crippen LogP contribution in [0.15, 0.2) is 42.5 Å². The molecule has 2 saturated heterocycles. The van der Waals surface area contributed by atoms with E-state index in [-0.39, 0.29) is 11.7 Å². The number of benzene rings is 2. The van der Waals surface area contributed by atoms with Crippen LogP contribution in [0.4, 0.5) is 8.78 Å². The van der Waals surface area contributed by atoms with Crippen LogP contribution >= 0.6 is 11.6 Å². The van der Waals surface area contributed by atoms with Crippen LogP contribution in [0.5, 0.6) is 5.75 Å². The summed E-state index contributed by atoms with van der Waals surface area (Å²) in [5.74, 6) is -1.33.